The van der Waals surface area contributed by atoms with Crippen LogP contribution in [-0.4, -0.2) is 41.7 Å². The highest BCUT2D eigenvalue weighted by molar-refractivity contribution is 5.74. The van der Waals surface area contributed by atoms with E-state index >= 15 is 0 Å². The molecule has 0 saturated carbocycles. The van der Waals surface area contributed by atoms with Crippen LogP contribution in [0.1, 0.15) is 30.5 Å². The monoisotopic (exact) mass is 339 g/mol. The van der Waals surface area contributed by atoms with Crippen LogP contribution in [0.5, 0.6) is 0 Å². The Labute approximate surface area is 149 Å². The lowest BCUT2D eigenvalue weighted by Crippen LogP contribution is -2.50. The highest BCUT2D eigenvalue weighted by Crippen LogP contribution is 2.17. The minimum atomic E-state index is -0.0231. The van der Waals surface area contributed by atoms with Gasteiger partial charge in [0.15, 0.2) is 0 Å². The molecule has 1 N–H and O–H groups in total. The Morgan fingerprint density at radius 2 is 2.04 bits per heavy atom. The normalized spacial score (nSPS) is 18.6. The van der Waals surface area contributed by atoms with E-state index in [9.17, 15) is 4.79 Å². The van der Waals surface area contributed by atoms with E-state index in [-0.39, 0.29) is 18.2 Å². The maximum absolute atomic E-state index is 12.7. The van der Waals surface area contributed by atoms with Crippen molar-refractivity contribution >= 4 is 6.03 Å². The second-order valence-corrected chi connectivity index (χ2v) is 6.32. The topological polar surface area (TPSA) is 54.5 Å². The number of nitrogens with one attached hydrogen (secondary N) is 1. The second-order valence-electron chi connectivity index (χ2n) is 6.32. The van der Waals surface area contributed by atoms with E-state index in [0.717, 1.165) is 18.4 Å². The Kier molecular flexibility index (Phi) is 6.01. The molecule has 2 aromatic rings. The highest BCUT2D eigenvalue weighted by atomic mass is 16.5. The molecule has 5 nitrogen and oxygen atoms in total. The summed E-state index contributed by atoms with van der Waals surface area (Å²) >= 11 is 0. The average molecular weight is 339 g/mol. The zero-order valence-corrected chi connectivity index (χ0v) is 14.6. The van der Waals surface area contributed by atoms with Crippen LogP contribution in [0.4, 0.5) is 4.79 Å². The van der Waals surface area contributed by atoms with Gasteiger partial charge in [0.05, 0.1) is 18.8 Å². The lowest BCUT2D eigenvalue weighted by molar-refractivity contribution is -0.0136. The van der Waals surface area contributed by atoms with Gasteiger partial charge in [-0.1, -0.05) is 37.3 Å². The molecule has 0 spiro atoms. The molecule has 5 heteroatoms. The summed E-state index contributed by atoms with van der Waals surface area (Å²) in [6, 6.07) is 14.1. The Morgan fingerprint density at radius 3 is 2.76 bits per heavy atom. The van der Waals surface area contributed by atoms with Gasteiger partial charge in [0, 0.05) is 31.9 Å². The number of rotatable bonds is 5. The zero-order valence-electron chi connectivity index (χ0n) is 14.6. The first-order valence-electron chi connectivity index (χ1n) is 8.87. The molecule has 1 aromatic heterocycles. The molecule has 1 aliphatic rings. The molecule has 3 rings (SSSR count). The fourth-order valence-corrected chi connectivity index (χ4v) is 3.16. The molecular weight excluding hydrogens is 314 g/mol. The molecule has 132 valence electrons. The number of aromatic nitrogens is 1. The maximum Gasteiger partial charge on any atom is 0.318 e. The van der Waals surface area contributed by atoms with Crippen molar-refractivity contribution in [3.63, 3.8) is 0 Å². The van der Waals surface area contributed by atoms with Gasteiger partial charge in [-0.2, -0.15) is 0 Å². The van der Waals surface area contributed by atoms with Crippen molar-refractivity contribution in [2.75, 3.05) is 19.7 Å². The van der Waals surface area contributed by atoms with Gasteiger partial charge in [-0.3, -0.25) is 4.98 Å². The Balaban J connectivity index is 1.58. The quantitative estimate of drug-likeness (QED) is 0.910. The van der Waals surface area contributed by atoms with Crippen LogP contribution < -0.4 is 5.32 Å². The number of hydrogen-bond donors (Lipinski definition) is 1. The van der Waals surface area contributed by atoms with E-state index in [1.807, 2.05) is 35.2 Å². The van der Waals surface area contributed by atoms with Crippen molar-refractivity contribution in [2.24, 2.45) is 0 Å². The van der Waals surface area contributed by atoms with Crippen LogP contribution in [0.3, 0.4) is 0 Å². The summed E-state index contributed by atoms with van der Waals surface area (Å²) in [6.45, 7) is 3.90. The fraction of sp³-hybridized carbons (Fsp3) is 0.400. The summed E-state index contributed by atoms with van der Waals surface area (Å²) in [5, 5.41) is 3.14. The fourth-order valence-electron chi connectivity index (χ4n) is 3.16. The van der Waals surface area contributed by atoms with Crippen molar-refractivity contribution in [1.29, 1.82) is 0 Å². The van der Waals surface area contributed by atoms with Crippen molar-refractivity contribution < 1.29 is 9.53 Å². The molecule has 1 fully saturated rings. The first-order chi connectivity index (χ1) is 12.3. The van der Waals surface area contributed by atoms with Crippen LogP contribution in [0, 0.1) is 0 Å². The maximum atomic E-state index is 12.7. The van der Waals surface area contributed by atoms with Crippen molar-refractivity contribution in [1.82, 2.24) is 15.2 Å². The van der Waals surface area contributed by atoms with Gasteiger partial charge >= 0.3 is 6.03 Å². The van der Waals surface area contributed by atoms with E-state index in [1.165, 1.54) is 5.56 Å². The van der Waals surface area contributed by atoms with Gasteiger partial charge in [-0.05, 0) is 29.7 Å². The third kappa shape index (κ3) is 4.79. The number of ether oxygens (including phenoxy) is 1. The zero-order chi connectivity index (χ0) is 17.5. The number of amides is 2. The molecule has 0 bridgehead atoms. The lowest BCUT2D eigenvalue weighted by atomic mass is 10.1. The second kappa shape index (κ2) is 8.62. The van der Waals surface area contributed by atoms with Crippen LogP contribution in [0.25, 0.3) is 0 Å². The minimum Gasteiger partial charge on any atom is -0.374 e. The molecule has 2 atom stereocenters. The highest BCUT2D eigenvalue weighted by Gasteiger charge is 2.25. The Bertz CT molecular complexity index is 663. The Morgan fingerprint density at radius 1 is 1.28 bits per heavy atom. The summed E-state index contributed by atoms with van der Waals surface area (Å²) in [5.41, 5.74) is 2.32. The molecule has 0 radical (unpaired) electrons. The summed E-state index contributed by atoms with van der Waals surface area (Å²) < 4.78 is 5.85. The summed E-state index contributed by atoms with van der Waals surface area (Å²) in [6.07, 6.45) is 5.23. The van der Waals surface area contributed by atoms with Gasteiger partial charge in [0.2, 0.25) is 0 Å². The number of pyridine rings is 1. The van der Waals surface area contributed by atoms with Gasteiger partial charge < -0.3 is 15.0 Å². The molecule has 2 amide bonds. The molecule has 1 aromatic carbocycles. The molecule has 25 heavy (non-hydrogen) atoms. The molecule has 0 aliphatic carbocycles. The average Bonchev–Trinajstić information content (AvgIpc) is 2.67. The van der Waals surface area contributed by atoms with Crippen molar-refractivity contribution in [3.8, 4) is 0 Å². The van der Waals surface area contributed by atoms with Gasteiger partial charge in [-0.25, -0.2) is 4.79 Å². The minimum absolute atomic E-state index is 0.00548. The number of nitrogens with zero attached hydrogens (tertiary/aromatic N) is 2. The molecule has 1 aliphatic heterocycles. The van der Waals surface area contributed by atoms with E-state index < -0.39 is 0 Å². The lowest BCUT2D eigenvalue weighted by Gasteiger charge is -2.34. The molecule has 2 unspecified atom stereocenters. The van der Waals surface area contributed by atoms with Crippen LogP contribution in [-0.2, 0) is 11.2 Å². The smallest absolute Gasteiger partial charge is 0.318 e. The van der Waals surface area contributed by atoms with Gasteiger partial charge in [-0.15, -0.1) is 0 Å². The van der Waals surface area contributed by atoms with Crippen LogP contribution >= 0.6 is 0 Å². The van der Waals surface area contributed by atoms with E-state index in [0.29, 0.717) is 19.7 Å². The summed E-state index contributed by atoms with van der Waals surface area (Å²) in [4.78, 5) is 18.6. The van der Waals surface area contributed by atoms with Crippen LogP contribution in [0.15, 0.2) is 54.9 Å². The number of morpholine rings is 1. The predicted octanol–water partition coefficient (Wildman–Crippen LogP) is 3.19. The summed E-state index contributed by atoms with van der Waals surface area (Å²) in [5.74, 6) is 0. The first-order valence-corrected chi connectivity index (χ1v) is 8.87. The SMILES string of the molecule is CCC(NC(=O)N1CCOC(Cc2ccccc2)C1)c1ccncc1. The number of urea groups is 1. The van der Waals surface area contributed by atoms with Crippen LogP contribution in [0.2, 0.25) is 0 Å². The third-order valence-corrected chi connectivity index (χ3v) is 4.55. The van der Waals surface area contributed by atoms with Crippen molar-refractivity contribution in [3.05, 3.63) is 66.0 Å². The largest absolute Gasteiger partial charge is 0.374 e. The number of carbonyl (C=O) groups is 1. The standard InChI is InChI=1S/C20H25N3O2/c1-2-19(17-8-10-21-11-9-17)22-20(24)23-12-13-25-18(15-23)14-16-6-4-3-5-7-16/h3-11,18-19H,2,12-15H2,1H3,(H,22,24). The molecule has 1 saturated heterocycles. The summed E-state index contributed by atoms with van der Waals surface area (Å²) in [7, 11) is 0. The van der Waals surface area contributed by atoms with E-state index in [1.54, 1.807) is 12.4 Å². The van der Waals surface area contributed by atoms with Gasteiger partial charge in [0.25, 0.3) is 0 Å². The van der Waals surface area contributed by atoms with E-state index in [2.05, 4.69) is 29.4 Å². The predicted molar refractivity (Wildman–Crippen MR) is 97.3 cm³/mol. The van der Waals surface area contributed by atoms with Gasteiger partial charge in [0.1, 0.15) is 0 Å². The number of carbonyl (C=O) groups excluding carboxylic acids is 1. The number of benzene rings is 1. The van der Waals surface area contributed by atoms with Crippen molar-refractivity contribution in [2.45, 2.75) is 31.9 Å². The molecular formula is C20H25N3O2. The third-order valence-electron chi connectivity index (χ3n) is 4.55. The molecule has 2 heterocycles. The Hall–Kier alpha value is -2.40. The van der Waals surface area contributed by atoms with E-state index in [4.69, 9.17) is 4.74 Å². The number of hydrogen-bond acceptors (Lipinski definition) is 3. The first kappa shape index (κ1) is 17.4.